The van der Waals surface area contributed by atoms with Crippen molar-refractivity contribution < 1.29 is 0 Å². The highest BCUT2D eigenvalue weighted by molar-refractivity contribution is 5.32. The summed E-state index contributed by atoms with van der Waals surface area (Å²) in [7, 11) is 0. The average Bonchev–Trinajstić information content (AvgIpc) is 2.40. The number of nitrogens with one attached hydrogen (secondary N) is 2. The largest absolute Gasteiger partial charge is 0.316 e. The lowest BCUT2D eigenvalue weighted by Crippen LogP contribution is -2.40. The fraction of sp³-hybridized carbons (Fsp3) is 0.647. The second-order valence-electron chi connectivity index (χ2n) is 6.54. The van der Waals surface area contributed by atoms with Gasteiger partial charge in [0.05, 0.1) is 0 Å². The van der Waals surface area contributed by atoms with E-state index in [9.17, 15) is 0 Å². The van der Waals surface area contributed by atoms with Gasteiger partial charge in [-0.1, -0.05) is 38.1 Å². The Hall–Kier alpha value is -0.860. The van der Waals surface area contributed by atoms with Crippen LogP contribution in [0.5, 0.6) is 0 Å². The SMILES string of the molecule is Cc1ccccc1C(C)(C)CNCC1CCCNC1. The van der Waals surface area contributed by atoms with Gasteiger partial charge in [-0.25, -0.2) is 0 Å². The van der Waals surface area contributed by atoms with Crippen LogP contribution in [0.25, 0.3) is 0 Å². The van der Waals surface area contributed by atoms with E-state index in [0.29, 0.717) is 0 Å². The maximum absolute atomic E-state index is 3.68. The molecule has 0 aliphatic carbocycles. The van der Waals surface area contributed by atoms with E-state index in [1.807, 2.05) is 0 Å². The zero-order valence-electron chi connectivity index (χ0n) is 12.6. The molecule has 0 spiro atoms. The van der Waals surface area contributed by atoms with E-state index < -0.39 is 0 Å². The summed E-state index contributed by atoms with van der Waals surface area (Å²) >= 11 is 0. The summed E-state index contributed by atoms with van der Waals surface area (Å²) in [5, 5.41) is 7.16. The number of hydrogen-bond donors (Lipinski definition) is 2. The van der Waals surface area contributed by atoms with E-state index in [0.717, 1.165) is 19.0 Å². The molecule has 2 nitrogen and oxygen atoms in total. The first-order valence-corrected chi connectivity index (χ1v) is 7.57. The summed E-state index contributed by atoms with van der Waals surface area (Å²) in [6.07, 6.45) is 2.69. The van der Waals surface area contributed by atoms with Gasteiger partial charge in [-0.15, -0.1) is 0 Å². The molecule has 0 aromatic heterocycles. The summed E-state index contributed by atoms with van der Waals surface area (Å²) in [6, 6.07) is 8.74. The first-order chi connectivity index (χ1) is 9.09. The Kier molecular flexibility index (Phi) is 5.00. The Morgan fingerprint density at radius 1 is 1.32 bits per heavy atom. The van der Waals surface area contributed by atoms with E-state index >= 15 is 0 Å². The molecule has 0 saturated carbocycles. The van der Waals surface area contributed by atoms with E-state index in [2.05, 4.69) is 55.7 Å². The normalized spacial score (nSPS) is 20.5. The summed E-state index contributed by atoms with van der Waals surface area (Å²) in [6.45, 7) is 11.4. The number of benzene rings is 1. The van der Waals surface area contributed by atoms with E-state index in [4.69, 9.17) is 0 Å². The highest BCUT2D eigenvalue weighted by atomic mass is 14.9. The molecule has 0 radical (unpaired) electrons. The van der Waals surface area contributed by atoms with Crippen LogP contribution in [0, 0.1) is 12.8 Å². The molecule has 2 rings (SSSR count). The minimum Gasteiger partial charge on any atom is -0.316 e. The summed E-state index contributed by atoms with van der Waals surface area (Å²) in [4.78, 5) is 0. The zero-order chi connectivity index (χ0) is 13.7. The van der Waals surface area contributed by atoms with Crippen molar-refractivity contribution in [3.05, 3.63) is 35.4 Å². The molecule has 1 fully saturated rings. The molecule has 1 atom stereocenters. The fourth-order valence-corrected chi connectivity index (χ4v) is 3.11. The Balaban J connectivity index is 1.85. The molecule has 1 aliphatic heterocycles. The summed E-state index contributed by atoms with van der Waals surface area (Å²) in [5.41, 5.74) is 3.06. The van der Waals surface area contributed by atoms with Crippen molar-refractivity contribution >= 4 is 0 Å². The predicted molar refractivity (Wildman–Crippen MR) is 82.7 cm³/mol. The van der Waals surface area contributed by atoms with Crippen LogP contribution in [0.15, 0.2) is 24.3 Å². The van der Waals surface area contributed by atoms with Crippen molar-refractivity contribution in [2.24, 2.45) is 5.92 Å². The fourth-order valence-electron chi connectivity index (χ4n) is 3.11. The van der Waals surface area contributed by atoms with Crippen LogP contribution in [0.2, 0.25) is 0 Å². The Bertz CT molecular complexity index is 392. The Morgan fingerprint density at radius 3 is 2.79 bits per heavy atom. The molecule has 1 aromatic carbocycles. The van der Waals surface area contributed by atoms with Crippen LogP contribution in [-0.2, 0) is 5.41 Å². The molecular formula is C17H28N2. The topological polar surface area (TPSA) is 24.1 Å². The van der Waals surface area contributed by atoms with Gasteiger partial charge in [0.1, 0.15) is 0 Å². The van der Waals surface area contributed by atoms with Gasteiger partial charge in [-0.2, -0.15) is 0 Å². The molecule has 2 heteroatoms. The maximum Gasteiger partial charge on any atom is 0.00434 e. The molecule has 1 aliphatic rings. The first-order valence-electron chi connectivity index (χ1n) is 7.57. The molecule has 19 heavy (non-hydrogen) atoms. The van der Waals surface area contributed by atoms with Crippen molar-refractivity contribution in [3.63, 3.8) is 0 Å². The third-order valence-electron chi connectivity index (χ3n) is 4.27. The first kappa shape index (κ1) is 14.5. The van der Waals surface area contributed by atoms with Crippen molar-refractivity contribution in [1.29, 1.82) is 0 Å². The zero-order valence-corrected chi connectivity index (χ0v) is 12.6. The number of hydrogen-bond acceptors (Lipinski definition) is 2. The molecule has 0 amide bonds. The van der Waals surface area contributed by atoms with Crippen LogP contribution in [0.3, 0.4) is 0 Å². The molecule has 1 saturated heterocycles. The highest BCUT2D eigenvalue weighted by Gasteiger charge is 2.22. The van der Waals surface area contributed by atoms with Gasteiger partial charge in [-0.3, -0.25) is 0 Å². The van der Waals surface area contributed by atoms with E-state index in [1.54, 1.807) is 0 Å². The lowest BCUT2D eigenvalue weighted by atomic mass is 9.82. The lowest BCUT2D eigenvalue weighted by Gasteiger charge is -2.29. The molecule has 1 unspecified atom stereocenters. The average molecular weight is 260 g/mol. The quantitative estimate of drug-likeness (QED) is 0.850. The van der Waals surface area contributed by atoms with Crippen LogP contribution in [0.4, 0.5) is 0 Å². The van der Waals surface area contributed by atoms with Gasteiger partial charge >= 0.3 is 0 Å². The van der Waals surface area contributed by atoms with Crippen LogP contribution in [0.1, 0.15) is 37.8 Å². The Labute approximate surface area is 118 Å². The highest BCUT2D eigenvalue weighted by Crippen LogP contribution is 2.25. The lowest BCUT2D eigenvalue weighted by molar-refractivity contribution is 0.345. The monoisotopic (exact) mass is 260 g/mol. The summed E-state index contributed by atoms with van der Waals surface area (Å²) in [5.74, 6) is 0.807. The molecule has 1 aromatic rings. The predicted octanol–water partition coefficient (Wildman–Crippen LogP) is 2.86. The van der Waals surface area contributed by atoms with Crippen molar-refractivity contribution in [2.75, 3.05) is 26.2 Å². The second kappa shape index (κ2) is 6.53. The third kappa shape index (κ3) is 4.05. The van der Waals surface area contributed by atoms with Crippen molar-refractivity contribution in [1.82, 2.24) is 10.6 Å². The number of piperidine rings is 1. The van der Waals surface area contributed by atoms with Crippen molar-refractivity contribution in [2.45, 2.75) is 39.0 Å². The molecule has 1 heterocycles. The van der Waals surface area contributed by atoms with Gasteiger partial charge in [0, 0.05) is 12.0 Å². The van der Waals surface area contributed by atoms with Crippen LogP contribution < -0.4 is 10.6 Å². The summed E-state index contributed by atoms with van der Waals surface area (Å²) < 4.78 is 0. The minimum atomic E-state index is 0.202. The standard InChI is InChI=1S/C17H28N2/c1-14-7-4-5-9-16(14)17(2,3)13-19-12-15-8-6-10-18-11-15/h4-5,7,9,15,18-19H,6,8,10-13H2,1-3H3. The smallest absolute Gasteiger partial charge is 0.00434 e. The number of rotatable bonds is 5. The number of aryl methyl sites for hydroxylation is 1. The Morgan fingerprint density at radius 2 is 2.11 bits per heavy atom. The van der Waals surface area contributed by atoms with Gasteiger partial charge in [0.2, 0.25) is 0 Å². The molecule has 106 valence electrons. The van der Waals surface area contributed by atoms with E-state index in [-0.39, 0.29) is 5.41 Å². The maximum atomic E-state index is 3.68. The van der Waals surface area contributed by atoms with Gasteiger partial charge in [-0.05, 0) is 56.4 Å². The van der Waals surface area contributed by atoms with Crippen LogP contribution in [-0.4, -0.2) is 26.2 Å². The van der Waals surface area contributed by atoms with Gasteiger partial charge in [0.25, 0.3) is 0 Å². The second-order valence-corrected chi connectivity index (χ2v) is 6.54. The van der Waals surface area contributed by atoms with Crippen LogP contribution >= 0.6 is 0 Å². The minimum absolute atomic E-state index is 0.202. The van der Waals surface area contributed by atoms with Gasteiger partial charge < -0.3 is 10.6 Å². The molecular weight excluding hydrogens is 232 g/mol. The third-order valence-corrected chi connectivity index (χ3v) is 4.27. The van der Waals surface area contributed by atoms with E-state index in [1.165, 1.54) is 37.1 Å². The molecule has 0 bridgehead atoms. The molecule has 2 N–H and O–H groups in total. The van der Waals surface area contributed by atoms with Gasteiger partial charge in [0.15, 0.2) is 0 Å². The van der Waals surface area contributed by atoms with Crippen molar-refractivity contribution in [3.8, 4) is 0 Å².